The number of imidazole rings is 1. The van der Waals surface area contributed by atoms with Gasteiger partial charge in [0.25, 0.3) is 0 Å². The van der Waals surface area contributed by atoms with Gasteiger partial charge in [0.05, 0.1) is 28.2 Å². The first-order chi connectivity index (χ1) is 12.7. The summed E-state index contributed by atoms with van der Waals surface area (Å²) >= 11 is 1.49. The summed E-state index contributed by atoms with van der Waals surface area (Å²) in [4.78, 5) is 21.5. The molecule has 0 fully saturated rings. The minimum Gasteiger partial charge on any atom is -0.325 e. The van der Waals surface area contributed by atoms with Crippen LogP contribution in [0.15, 0.2) is 59.4 Å². The van der Waals surface area contributed by atoms with Crippen molar-refractivity contribution in [1.82, 2.24) is 14.5 Å². The number of rotatable bonds is 4. The van der Waals surface area contributed by atoms with E-state index in [9.17, 15) is 4.79 Å². The summed E-state index contributed by atoms with van der Waals surface area (Å²) in [7, 11) is 0. The van der Waals surface area contributed by atoms with Crippen LogP contribution >= 0.6 is 11.3 Å². The lowest BCUT2D eigenvalue weighted by molar-refractivity contribution is -0.116. The van der Waals surface area contributed by atoms with E-state index in [1.807, 2.05) is 34.2 Å². The summed E-state index contributed by atoms with van der Waals surface area (Å²) in [5.41, 5.74) is 5.39. The molecule has 2 aromatic heterocycles. The van der Waals surface area contributed by atoms with Crippen LogP contribution in [0.2, 0.25) is 0 Å². The highest BCUT2D eigenvalue weighted by Gasteiger charge is 2.16. The first kappa shape index (κ1) is 16.0. The summed E-state index contributed by atoms with van der Waals surface area (Å²) in [6.07, 6.45) is 0. The molecule has 2 heterocycles. The maximum absolute atomic E-state index is 12.6. The highest BCUT2D eigenvalue weighted by atomic mass is 32.1. The van der Waals surface area contributed by atoms with Crippen LogP contribution in [0.3, 0.4) is 0 Å². The fourth-order valence-corrected chi connectivity index (χ4v) is 3.26. The SMILES string of the molecule is N#Cc1ccc(NC(=O)Cn2c(-c3cscn3)nc3ccccc32)cc1. The number of carbonyl (C=O) groups excluding carboxylic acids is 1. The predicted molar refractivity (Wildman–Crippen MR) is 101 cm³/mol. The van der Waals surface area contributed by atoms with Crippen molar-refractivity contribution in [2.75, 3.05) is 5.32 Å². The number of nitrogens with zero attached hydrogens (tertiary/aromatic N) is 4. The average Bonchev–Trinajstić information content (AvgIpc) is 3.31. The molecule has 1 N–H and O–H groups in total. The van der Waals surface area contributed by atoms with Gasteiger partial charge in [0.1, 0.15) is 12.2 Å². The van der Waals surface area contributed by atoms with Crippen molar-refractivity contribution in [3.8, 4) is 17.6 Å². The number of hydrogen-bond acceptors (Lipinski definition) is 5. The maximum Gasteiger partial charge on any atom is 0.244 e. The van der Waals surface area contributed by atoms with Crippen LogP contribution < -0.4 is 5.32 Å². The van der Waals surface area contributed by atoms with Gasteiger partial charge in [-0.05, 0) is 36.4 Å². The van der Waals surface area contributed by atoms with Gasteiger partial charge in [-0.2, -0.15) is 5.26 Å². The fraction of sp³-hybridized carbons (Fsp3) is 0.0526. The number of carbonyl (C=O) groups is 1. The van der Waals surface area contributed by atoms with E-state index >= 15 is 0 Å². The Bertz CT molecular complexity index is 1110. The van der Waals surface area contributed by atoms with Crippen LogP contribution in [0, 0.1) is 11.3 Å². The molecule has 26 heavy (non-hydrogen) atoms. The molecule has 0 bridgehead atoms. The highest BCUT2D eigenvalue weighted by molar-refractivity contribution is 7.07. The van der Waals surface area contributed by atoms with E-state index in [4.69, 9.17) is 5.26 Å². The predicted octanol–water partition coefficient (Wildman–Crippen LogP) is 3.67. The second-order valence-electron chi connectivity index (χ2n) is 5.62. The largest absolute Gasteiger partial charge is 0.325 e. The second kappa shape index (κ2) is 6.78. The molecule has 4 rings (SSSR count). The van der Waals surface area contributed by atoms with E-state index in [1.165, 1.54) is 11.3 Å². The third-order valence-corrected chi connectivity index (χ3v) is 4.50. The topological polar surface area (TPSA) is 83.6 Å². The number of anilines is 1. The van der Waals surface area contributed by atoms with E-state index in [1.54, 1.807) is 29.8 Å². The van der Waals surface area contributed by atoms with E-state index in [-0.39, 0.29) is 12.5 Å². The van der Waals surface area contributed by atoms with Gasteiger partial charge in [0.2, 0.25) is 5.91 Å². The Labute approximate surface area is 153 Å². The molecule has 0 unspecified atom stereocenters. The van der Waals surface area contributed by atoms with Gasteiger partial charge in [-0.25, -0.2) is 9.97 Å². The Morgan fingerprint density at radius 2 is 2.00 bits per heavy atom. The Kier molecular flexibility index (Phi) is 4.17. The molecule has 4 aromatic rings. The number of nitriles is 1. The molecule has 0 aliphatic carbocycles. The van der Waals surface area contributed by atoms with Crippen molar-refractivity contribution in [2.45, 2.75) is 6.54 Å². The zero-order valence-electron chi connectivity index (χ0n) is 13.6. The summed E-state index contributed by atoms with van der Waals surface area (Å²) in [6, 6.07) is 16.5. The molecule has 6 nitrogen and oxygen atoms in total. The summed E-state index contributed by atoms with van der Waals surface area (Å²) in [5.74, 6) is 0.497. The van der Waals surface area contributed by atoms with Crippen molar-refractivity contribution < 1.29 is 4.79 Å². The molecule has 126 valence electrons. The monoisotopic (exact) mass is 359 g/mol. The molecule has 0 aliphatic heterocycles. The van der Waals surface area contributed by atoms with Crippen LogP contribution in [0.25, 0.3) is 22.6 Å². The minimum atomic E-state index is -0.172. The Balaban J connectivity index is 1.64. The minimum absolute atomic E-state index is 0.118. The quantitative estimate of drug-likeness (QED) is 0.602. The third-order valence-electron chi connectivity index (χ3n) is 3.92. The van der Waals surface area contributed by atoms with Gasteiger partial charge in [-0.3, -0.25) is 4.79 Å². The van der Waals surface area contributed by atoms with Crippen molar-refractivity contribution in [3.63, 3.8) is 0 Å². The molecule has 0 aliphatic rings. The molecule has 0 saturated carbocycles. The number of amides is 1. The summed E-state index contributed by atoms with van der Waals surface area (Å²) in [6.45, 7) is 0.118. The fourth-order valence-electron chi connectivity index (χ4n) is 2.73. The first-order valence-corrected chi connectivity index (χ1v) is 8.83. The van der Waals surface area contributed by atoms with E-state index < -0.39 is 0 Å². The normalized spacial score (nSPS) is 10.6. The molecule has 2 aromatic carbocycles. The number of para-hydroxylation sites is 2. The Morgan fingerprint density at radius 3 is 2.73 bits per heavy atom. The van der Waals surface area contributed by atoms with Gasteiger partial charge in [-0.15, -0.1) is 11.3 Å². The van der Waals surface area contributed by atoms with Crippen LogP contribution in [0.4, 0.5) is 5.69 Å². The van der Waals surface area contributed by atoms with Gasteiger partial charge in [-0.1, -0.05) is 12.1 Å². The third kappa shape index (κ3) is 3.06. The standard InChI is InChI=1S/C19H13N5OS/c20-9-13-5-7-14(8-6-13)22-18(25)10-24-17-4-2-1-3-15(17)23-19(24)16-11-26-12-21-16/h1-8,11-12H,10H2,(H,22,25). The zero-order chi connectivity index (χ0) is 17.9. The molecule has 0 saturated heterocycles. The van der Waals surface area contributed by atoms with Gasteiger partial charge in [0, 0.05) is 11.1 Å². The average molecular weight is 359 g/mol. The van der Waals surface area contributed by atoms with E-state index in [0.29, 0.717) is 17.1 Å². The molecule has 1 amide bonds. The number of hydrogen-bond donors (Lipinski definition) is 1. The number of thiazole rings is 1. The lowest BCUT2D eigenvalue weighted by atomic mass is 10.2. The maximum atomic E-state index is 12.6. The molecule has 0 spiro atoms. The molecule has 0 atom stereocenters. The summed E-state index contributed by atoms with van der Waals surface area (Å²) in [5, 5.41) is 13.6. The van der Waals surface area contributed by atoms with Crippen molar-refractivity contribution in [3.05, 3.63) is 65.0 Å². The van der Waals surface area contributed by atoms with Crippen LogP contribution in [-0.2, 0) is 11.3 Å². The lowest BCUT2D eigenvalue weighted by Crippen LogP contribution is -2.19. The number of benzene rings is 2. The zero-order valence-corrected chi connectivity index (χ0v) is 14.4. The van der Waals surface area contributed by atoms with Gasteiger partial charge in [0.15, 0.2) is 5.82 Å². The summed E-state index contributed by atoms with van der Waals surface area (Å²) < 4.78 is 1.86. The van der Waals surface area contributed by atoms with Crippen LogP contribution in [-0.4, -0.2) is 20.4 Å². The second-order valence-corrected chi connectivity index (χ2v) is 6.34. The molecule has 0 radical (unpaired) electrons. The van der Waals surface area contributed by atoms with E-state index in [2.05, 4.69) is 21.4 Å². The van der Waals surface area contributed by atoms with Gasteiger partial charge < -0.3 is 9.88 Å². The number of nitrogens with one attached hydrogen (secondary N) is 1. The van der Waals surface area contributed by atoms with Crippen molar-refractivity contribution in [1.29, 1.82) is 5.26 Å². The Morgan fingerprint density at radius 1 is 1.19 bits per heavy atom. The molecule has 7 heteroatoms. The van der Waals surface area contributed by atoms with Crippen LogP contribution in [0.1, 0.15) is 5.56 Å². The van der Waals surface area contributed by atoms with Crippen LogP contribution in [0.5, 0.6) is 0 Å². The molecular weight excluding hydrogens is 346 g/mol. The Hall–Kier alpha value is -3.50. The molecular formula is C19H13N5OS. The van der Waals surface area contributed by atoms with Gasteiger partial charge >= 0.3 is 0 Å². The van der Waals surface area contributed by atoms with Crippen molar-refractivity contribution in [2.24, 2.45) is 0 Å². The lowest BCUT2D eigenvalue weighted by Gasteiger charge is -2.09. The highest BCUT2D eigenvalue weighted by Crippen LogP contribution is 2.24. The van der Waals surface area contributed by atoms with Crippen molar-refractivity contribution >= 4 is 34.0 Å². The van der Waals surface area contributed by atoms with E-state index in [0.717, 1.165) is 16.7 Å². The first-order valence-electron chi connectivity index (χ1n) is 7.88. The number of aromatic nitrogens is 3. The smallest absolute Gasteiger partial charge is 0.244 e. The number of fused-ring (bicyclic) bond motifs is 1.